The molecule has 0 aliphatic heterocycles. The molecule has 0 saturated carbocycles. The Morgan fingerprint density at radius 1 is 0.900 bits per heavy atom. The van der Waals surface area contributed by atoms with E-state index in [1.807, 2.05) is 0 Å². The monoisotopic (exact) mass is 474 g/mol. The van der Waals surface area contributed by atoms with Gasteiger partial charge in [0.2, 0.25) is 0 Å². The molecule has 0 unspecified atom stereocenters. The molecule has 0 saturated heterocycles. The molecule has 2 aliphatic rings. The van der Waals surface area contributed by atoms with Crippen LogP contribution in [0.4, 0.5) is 0 Å². The SMILES string of the molecule is C[C](C)=[Ti+2]([C]1=CC=CC1)[c]1c(C(C)C)ccc2c1Cc1cc(C(C)C)ccc1-2.[Cl-].[Cl-]. The summed E-state index contributed by atoms with van der Waals surface area (Å²) in [6.45, 7) is 14.1. The van der Waals surface area contributed by atoms with Gasteiger partial charge in [-0.3, -0.25) is 0 Å². The van der Waals surface area contributed by atoms with Gasteiger partial charge in [0.25, 0.3) is 0 Å². The molecule has 0 heterocycles. The fourth-order valence-electron chi connectivity index (χ4n) is 4.81. The van der Waals surface area contributed by atoms with E-state index < -0.39 is 17.4 Å². The number of fused-ring (bicyclic) bond motifs is 3. The van der Waals surface area contributed by atoms with Crippen LogP contribution >= 0.6 is 0 Å². The summed E-state index contributed by atoms with van der Waals surface area (Å²) in [7, 11) is 0. The van der Waals surface area contributed by atoms with Crippen LogP contribution in [0.5, 0.6) is 0 Å². The van der Waals surface area contributed by atoms with Crippen molar-refractivity contribution in [3.05, 3.63) is 74.7 Å². The van der Waals surface area contributed by atoms with E-state index in [1.54, 1.807) is 22.7 Å². The summed E-state index contributed by atoms with van der Waals surface area (Å²) in [5.74, 6) is 1.16. The van der Waals surface area contributed by atoms with Crippen LogP contribution in [0.25, 0.3) is 11.1 Å². The van der Waals surface area contributed by atoms with E-state index in [0.29, 0.717) is 11.8 Å². The van der Waals surface area contributed by atoms with Crippen LogP contribution in [0.2, 0.25) is 0 Å². The molecule has 0 N–H and O–H groups in total. The zero-order valence-corrected chi connectivity index (χ0v) is 22.0. The van der Waals surface area contributed by atoms with Crippen molar-refractivity contribution >= 4 is 7.68 Å². The first-order chi connectivity index (χ1) is 13.4. The zero-order chi connectivity index (χ0) is 20.0. The van der Waals surface area contributed by atoms with Crippen LogP contribution in [0, 0.1) is 0 Å². The molecule has 158 valence electrons. The van der Waals surface area contributed by atoms with Gasteiger partial charge in [-0.1, -0.05) is 0 Å². The van der Waals surface area contributed by atoms with E-state index in [9.17, 15) is 0 Å². The quantitative estimate of drug-likeness (QED) is 0.491. The molecular formula is C27H32Cl2Ti. The standard InChI is InChI=1S/C19H21.C5H5.C3H6.2ClH.Ti/c1-12(2)14-5-7-18-16(9-14)11-17-10-15(13(3)4)6-8-19(17)18;1-2-4-5-3-1;1-3-2;;;/h5-9,12-13H,11H2,1-4H3;1-3H,4H2;1-2H3;2*1H;/q;;;;;+2/p-2. The molecule has 0 amide bonds. The van der Waals surface area contributed by atoms with Crippen molar-refractivity contribution in [3.8, 4) is 11.1 Å². The molecule has 0 bridgehead atoms. The van der Waals surface area contributed by atoms with Crippen LogP contribution in [-0.4, -0.2) is 3.81 Å². The van der Waals surface area contributed by atoms with Crippen molar-refractivity contribution < 1.29 is 42.2 Å². The van der Waals surface area contributed by atoms with E-state index in [-0.39, 0.29) is 24.8 Å². The second kappa shape index (κ2) is 10.1. The number of benzene rings is 2. The van der Waals surface area contributed by atoms with Crippen LogP contribution in [0.3, 0.4) is 0 Å². The summed E-state index contributed by atoms with van der Waals surface area (Å²) in [5, 5.41) is 0. The van der Waals surface area contributed by atoms with Crippen molar-refractivity contribution in [3.63, 3.8) is 0 Å². The molecular weight excluding hydrogens is 443 g/mol. The van der Waals surface area contributed by atoms with E-state index in [2.05, 4.69) is 90.1 Å². The fraction of sp³-hybridized carbons (Fsp3) is 0.370. The summed E-state index contributed by atoms with van der Waals surface area (Å²) in [6.07, 6.45) is 9.31. The average Bonchev–Trinajstić information content (AvgIpc) is 3.28. The van der Waals surface area contributed by atoms with Crippen molar-refractivity contribution in [1.82, 2.24) is 0 Å². The first-order valence-corrected chi connectivity index (χ1v) is 13.1. The van der Waals surface area contributed by atoms with E-state index in [4.69, 9.17) is 0 Å². The summed E-state index contributed by atoms with van der Waals surface area (Å²) in [5.41, 5.74) is 9.22. The maximum absolute atomic E-state index is 2.47. The molecule has 2 aromatic rings. The minimum absolute atomic E-state index is 0. The van der Waals surface area contributed by atoms with Gasteiger partial charge in [0.1, 0.15) is 0 Å². The number of allylic oxidation sites excluding steroid dienone is 4. The summed E-state index contributed by atoms with van der Waals surface area (Å²) >= 11 is -1.65. The van der Waals surface area contributed by atoms with Crippen LogP contribution in [0.1, 0.15) is 82.1 Å². The summed E-state index contributed by atoms with van der Waals surface area (Å²) < 4.78 is 5.14. The fourth-order valence-corrected chi connectivity index (χ4v) is 9.86. The summed E-state index contributed by atoms with van der Waals surface area (Å²) in [6, 6.07) is 12.1. The minimum Gasteiger partial charge on any atom is -1.00 e. The number of hydrogen-bond acceptors (Lipinski definition) is 0. The molecule has 30 heavy (non-hydrogen) atoms. The zero-order valence-electron chi connectivity index (χ0n) is 18.9. The molecule has 0 fully saturated rings. The molecule has 0 nitrogen and oxygen atoms in total. The molecule has 2 aromatic carbocycles. The molecule has 0 spiro atoms. The Labute approximate surface area is 201 Å². The van der Waals surface area contributed by atoms with Crippen LogP contribution in [0.15, 0.2) is 52.4 Å². The van der Waals surface area contributed by atoms with Gasteiger partial charge in [-0.2, -0.15) is 0 Å². The Morgan fingerprint density at radius 3 is 2.17 bits per heavy atom. The Kier molecular flexibility index (Phi) is 8.56. The Hall–Kier alpha value is -0.916. The first-order valence-electron chi connectivity index (χ1n) is 10.7. The number of rotatable bonds is 4. The van der Waals surface area contributed by atoms with E-state index >= 15 is 0 Å². The molecule has 4 rings (SSSR count). The van der Waals surface area contributed by atoms with Gasteiger partial charge in [-0.15, -0.1) is 0 Å². The molecule has 0 aromatic heterocycles. The smallest absolute Gasteiger partial charge is 1.00 e. The van der Waals surface area contributed by atoms with Gasteiger partial charge < -0.3 is 24.8 Å². The maximum atomic E-state index is 2.47. The van der Waals surface area contributed by atoms with Crippen molar-refractivity contribution in [2.45, 2.75) is 66.2 Å². The third-order valence-corrected chi connectivity index (χ3v) is 11.1. The van der Waals surface area contributed by atoms with E-state index in [1.165, 1.54) is 22.3 Å². The molecule has 0 radical (unpaired) electrons. The Morgan fingerprint density at radius 2 is 1.60 bits per heavy atom. The van der Waals surface area contributed by atoms with Crippen LogP contribution < -0.4 is 28.7 Å². The van der Waals surface area contributed by atoms with Gasteiger partial charge in [0.05, 0.1) is 0 Å². The molecule has 2 aliphatic carbocycles. The second-order valence-corrected chi connectivity index (χ2v) is 13.7. The van der Waals surface area contributed by atoms with Crippen molar-refractivity contribution in [2.75, 3.05) is 0 Å². The predicted octanol–water partition coefficient (Wildman–Crippen LogP) is 0.812. The Balaban J connectivity index is 0.00000160. The van der Waals surface area contributed by atoms with E-state index in [0.717, 1.165) is 12.8 Å². The van der Waals surface area contributed by atoms with Gasteiger partial charge in [-0.25, -0.2) is 0 Å². The molecule has 0 atom stereocenters. The predicted molar refractivity (Wildman–Crippen MR) is 121 cm³/mol. The van der Waals surface area contributed by atoms with Crippen molar-refractivity contribution in [1.29, 1.82) is 0 Å². The largest absolute Gasteiger partial charge is 1.00 e. The topological polar surface area (TPSA) is 0 Å². The maximum Gasteiger partial charge on any atom is -1.00 e. The minimum atomic E-state index is -1.65. The average molecular weight is 475 g/mol. The number of halogens is 2. The normalized spacial score (nSPS) is 13.2. The van der Waals surface area contributed by atoms with Crippen LogP contribution in [-0.2, 0) is 23.8 Å². The third kappa shape index (κ3) is 4.49. The van der Waals surface area contributed by atoms with Crippen molar-refractivity contribution in [2.24, 2.45) is 0 Å². The first kappa shape index (κ1) is 25.3. The van der Waals surface area contributed by atoms with Gasteiger partial charge >= 0.3 is 177 Å². The van der Waals surface area contributed by atoms with Gasteiger partial charge in [0, 0.05) is 0 Å². The second-order valence-electron chi connectivity index (χ2n) is 9.16. The summed E-state index contributed by atoms with van der Waals surface area (Å²) in [4.78, 5) is 0. The molecule has 3 heteroatoms. The van der Waals surface area contributed by atoms with Gasteiger partial charge in [-0.05, 0) is 0 Å². The number of hydrogen-bond donors (Lipinski definition) is 0. The van der Waals surface area contributed by atoms with Gasteiger partial charge in [0.15, 0.2) is 0 Å². The third-order valence-electron chi connectivity index (χ3n) is 6.26. The Bertz CT molecular complexity index is 1040.